The van der Waals surface area contributed by atoms with Crippen LogP contribution in [0.15, 0.2) is 77.0 Å². The van der Waals surface area contributed by atoms with Gasteiger partial charge >= 0.3 is 0 Å². The molecule has 1 aliphatic rings. The number of furan rings is 1. The Morgan fingerprint density at radius 2 is 1.68 bits per heavy atom. The molecule has 3 aromatic rings. The molecule has 1 aliphatic heterocycles. The number of benzene rings is 2. The lowest BCUT2D eigenvalue weighted by molar-refractivity contribution is -0.137. The number of hydrogen-bond donors (Lipinski definition) is 1. The molecule has 0 spiro atoms. The lowest BCUT2D eigenvalue weighted by atomic mass is 10.0. The zero-order valence-electron chi connectivity index (χ0n) is 15.7. The van der Waals surface area contributed by atoms with Crippen molar-refractivity contribution >= 4 is 23.1 Å². The second kappa shape index (κ2) is 7.19. The fourth-order valence-corrected chi connectivity index (χ4v) is 3.25. The minimum absolute atomic E-state index is 0.0963. The number of carbonyl (C=O) groups excluding carboxylic acids is 2. The predicted molar refractivity (Wildman–Crippen MR) is 107 cm³/mol. The number of nitrogens with zero attached hydrogens (tertiary/aromatic N) is 1. The standard InChI is InChI=1S/C23H20N2O3/c1-15-8-10-17(11-9-15)20-21(24-18-6-3-5-16(2)13-18)23(27)25(22(20)26)14-19-7-4-12-28-19/h3-13,24H,14H2,1-2H3. The molecule has 2 amide bonds. The van der Waals surface area contributed by atoms with E-state index in [9.17, 15) is 9.59 Å². The summed E-state index contributed by atoms with van der Waals surface area (Å²) in [5.41, 5.74) is 4.28. The summed E-state index contributed by atoms with van der Waals surface area (Å²) < 4.78 is 5.33. The maximum atomic E-state index is 13.2. The van der Waals surface area contributed by atoms with Crippen molar-refractivity contribution in [2.45, 2.75) is 20.4 Å². The number of anilines is 1. The number of aryl methyl sites for hydroxylation is 2. The predicted octanol–water partition coefficient (Wildman–Crippen LogP) is 4.29. The highest BCUT2D eigenvalue weighted by Gasteiger charge is 2.39. The molecule has 0 fully saturated rings. The van der Waals surface area contributed by atoms with Gasteiger partial charge in [0.2, 0.25) is 0 Å². The molecule has 2 heterocycles. The highest BCUT2D eigenvalue weighted by Crippen LogP contribution is 2.31. The van der Waals surface area contributed by atoms with Crippen molar-refractivity contribution in [2.75, 3.05) is 5.32 Å². The van der Waals surface area contributed by atoms with Crippen molar-refractivity contribution < 1.29 is 14.0 Å². The lowest BCUT2D eigenvalue weighted by Gasteiger charge is -2.13. The van der Waals surface area contributed by atoms with Crippen LogP contribution in [0.5, 0.6) is 0 Å². The van der Waals surface area contributed by atoms with Crippen LogP contribution in [0.3, 0.4) is 0 Å². The smallest absolute Gasteiger partial charge is 0.278 e. The van der Waals surface area contributed by atoms with E-state index in [2.05, 4.69) is 5.32 Å². The SMILES string of the molecule is Cc1ccc(C2=C(Nc3cccc(C)c3)C(=O)N(Cc3ccco3)C2=O)cc1. The van der Waals surface area contributed by atoms with Gasteiger partial charge < -0.3 is 9.73 Å². The van der Waals surface area contributed by atoms with Crippen molar-refractivity contribution in [3.63, 3.8) is 0 Å². The molecule has 0 bridgehead atoms. The largest absolute Gasteiger partial charge is 0.467 e. The van der Waals surface area contributed by atoms with E-state index in [0.29, 0.717) is 16.9 Å². The Kier molecular flexibility index (Phi) is 4.57. The van der Waals surface area contributed by atoms with Crippen molar-refractivity contribution in [3.05, 3.63) is 95.1 Å². The van der Waals surface area contributed by atoms with Crippen LogP contribution >= 0.6 is 0 Å². The molecule has 0 saturated carbocycles. The summed E-state index contributed by atoms with van der Waals surface area (Å²) >= 11 is 0. The van der Waals surface area contributed by atoms with Gasteiger partial charge in [0.1, 0.15) is 11.5 Å². The van der Waals surface area contributed by atoms with Crippen molar-refractivity contribution in [2.24, 2.45) is 0 Å². The molecule has 28 heavy (non-hydrogen) atoms. The number of carbonyl (C=O) groups is 2. The van der Waals surface area contributed by atoms with Crippen molar-refractivity contribution in [1.29, 1.82) is 0 Å². The third-order valence-corrected chi connectivity index (χ3v) is 4.69. The van der Waals surface area contributed by atoms with Gasteiger partial charge in [-0.1, -0.05) is 42.0 Å². The number of rotatable bonds is 5. The number of imide groups is 1. The summed E-state index contributed by atoms with van der Waals surface area (Å²) in [6, 6.07) is 18.8. The highest BCUT2D eigenvalue weighted by molar-refractivity contribution is 6.36. The first-order valence-electron chi connectivity index (χ1n) is 9.06. The number of amides is 2. The number of nitrogens with one attached hydrogen (secondary N) is 1. The normalized spacial score (nSPS) is 14.1. The lowest BCUT2D eigenvalue weighted by Crippen LogP contribution is -2.31. The third-order valence-electron chi connectivity index (χ3n) is 4.69. The van der Waals surface area contributed by atoms with Crippen LogP contribution in [0.1, 0.15) is 22.5 Å². The molecule has 0 unspecified atom stereocenters. The number of hydrogen-bond acceptors (Lipinski definition) is 4. The van der Waals surface area contributed by atoms with Gasteiger partial charge in [0.05, 0.1) is 18.4 Å². The average Bonchev–Trinajstić information content (AvgIpc) is 3.26. The van der Waals surface area contributed by atoms with Gasteiger partial charge in [-0.2, -0.15) is 0 Å². The molecule has 5 heteroatoms. The molecule has 1 N–H and O–H groups in total. The Morgan fingerprint density at radius 1 is 0.893 bits per heavy atom. The van der Waals surface area contributed by atoms with Crippen molar-refractivity contribution in [1.82, 2.24) is 4.90 Å². The molecular formula is C23H20N2O3. The molecule has 4 rings (SSSR count). The third kappa shape index (κ3) is 3.34. The first-order chi connectivity index (χ1) is 13.5. The quantitative estimate of drug-likeness (QED) is 0.679. The van der Waals surface area contributed by atoms with Crippen LogP contribution in [-0.4, -0.2) is 16.7 Å². The summed E-state index contributed by atoms with van der Waals surface area (Å²) in [6.07, 6.45) is 1.53. The van der Waals surface area contributed by atoms with E-state index in [1.54, 1.807) is 12.1 Å². The van der Waals surface area contributed by atoms with E-state index < -0.39 is 0 Å². The van der Waals surface area contributed by atoms with Gasteiger partial charge in [0.15, 0.2) is 0 Å². The summed E-state index contributed by atoms with van der Waals surface area (Å²) in [4.78, 5) is 27.5. The second-order valence-electron chi connectivity index (χ2n) is 6.89. The molecule has 1 aromatic heterocycles. The van der Waals surface area contributed by atoms with Gasteiger partial charge in [-0.25, -0.2) is 0 Å². The summed E-state index contributed by atoms with van der Waals surface area (Å²) in [5, 5.41) is 3.17. The second-order valence-corrected chi connectivity index (χ2v) is 6.89. The first-order valence-corrected chi connectivity index (χ1v) is 9.06. The van der Waals surface area contributed by atoms with E-state index >= 15 is 0 Å². The molecular weight excluding hydrogens is 352 g/mol. The van der Waals surface area contributed by atoms with Crippen molar-refractivity contribution in [3.8, 4) is 0 Å². The van der Waals surface area contributed by atoms with Crippen LogP contribution in [0, 0.1) is 13.8 Å². The monoisotopic (exact) mass is 372 g/mol. The van der Waals surface area contributed by atoms with Crippen LogP contribution in [0.25, 0.3) is 5.57 Å². The van der Waals surface area contributed by atoms with Crippen LogP contribution in [0.4, 0.5) is 5.69 Å². The molecule has 0 atom stereocenters. The van der Waals surface area contributed by atoms with Gasteiger partial charge in [0, 0.05) is 5.69 Å². The minimum atomic E-state index is -0.363. The molecule has 2 aromatic carbocycles. The minimum Gasteiger partial charge on any atom is -0.467 e. The molecule has 0 saturated heterocycles. The summed E-state index contributed by atoms with van der Waals surface area (Å²) in [5.74, 6) is -0.138. The Hall–Kier alpha value is -3.60. The Bertz CT molecular complexity index is 1060. The van der Waals surface area contributed by atoms with Crippen LogP contribution < -0.4 is 5.32 Å². The van der Waals surface area contributed by atoms with E-state index in [1.165, 1.54) is 11.2 Å². The maximum absolute atomic E-state index is 13.2. The highest BCUT2D eigenvalue weighted by atomic mass is 16.3. The van der Waals surface area contributed by atoms with E-state index in [-0.39, 0.29) is 24.1 Å². The molecule has 0 radical (unpaired) electrons. The van der Waals surface area contributed by atoms with Gasteiger partial charge in [-0.05, 0) is 49.2 Å². The zero-order valence-corrected chi connectivity index (χ0v) is 15.7. The fraction of sp³-hybridized carbons (Fsp3) is 0.130. The first kappa shape index (κ1) is 17.8. The fourth-order valence-electron chi connectivity index (χ4n) is 3.25. The summed E-state index contributed by atoms with van der Waals surface area (Å²) in [6.45, 7) is 4.05. The Labute approximate surface area is 163 Å². The average molecular weight is 372 g/mol. The summed E-state index contributed by atoms with van der Waals surface area (Å²) in [7, 11) is 0. The molecule has 0 aliphatic carbocycles. The van der Waals surface area contributed by atoms with Crippen LogP contribution in [-0.2, 0) is 16.1 Å². The molecule has 5 nitrogen and oxygen atoms in total. The van der Waals surface area contributed by atoms with Gasteiger partial charge in [0.25, 0.3) is 11.8 Å². The van der Waals surface area contributed by atoms with E-state index in [0.717, 1.165) is 16.8 Å². The Morgan fingerprint density at radius 3 is 2.36 bits per heavy atom. The Balaban J connectivity index is 1.76. The van der Waals surface area contributed by atoms with E-state index in [1.807, 2.05) is 62.4 Å². The maximum Gasteiger partial charge on any atom is 0.278 e. The van der Waals surface area contributed by atoms with E-state index in [4.69, 9.17) is 4.42 Å². The molecule has 140 valence electrons. The van der Waals surface area contributed by atoms with Gasteiger partial charge in [-0.15, -0.1) is 0 Å². The van der Waals surface area contributed by atoms with Gasteiger partial charge in [-0.3, -0.25) is 14.5 Å². The zero-order chi connectivity index (χ0) is 19.7. The van der Waals surface area contributed by atoms with Crippen LogP contribution in [0.2, 0.25) is 0 Å². The topological polar surface area (TPSA) is 62.6 Å².